The van der Waals surface area contributed by atoms with E-state index in [-0.39, 0.29) is 0 Å². The molecule has 0 amide bonds. The number of nitrogens with zero attached hydrogens (tertiary/aromatic N) is 2. The van der Waals surface area contributed by atoms with Gasteiger partial charge in [-0.3, -0.25) is 4.68 Å². The molecular weight excluding hydrogens is 252 g/mol. The number of hydrogen-bond donors (Lipinski definition) is 0. The molecule has 0 bridgehead atoms. The highest BCUT2D eigenvalue weighted by Crippen LogP contribution is 2.39. The van der Waals surface area contributed by atoms with Gasteiger partial charge in [-0.2, -0.15) is 5.10 Å². The maximum atomic E-state index is 4.65. The standard InChI is InChI=1S/C12H13BrN2/c1-15-11-6-5-9(13)7-10(11)12(14-15)8-3-2-4-8/h5-8H,2-4H2,1H3. The maximum absolute atomic E-state index is 4.65. The van der Waals surface area contributed by atoms with E-state index in [4.69, 9.17) is 0 Å². The molecule has 0 saturated heterocycles. The highest BCUT2D eigenvalue weighted by Gasteiger charge is 2.24. The Labute approximate surface area is 97.4 Å². The average Bonchev–Trinajstić information content (AvgIpc) is 2.41. The molecule has 0 N–H and O–H groups in total. The number of benzene rings is 1. The minimum atomic E-state index is 0.697. The summed E-state index contributed by atoms with van der Waals surface area (Å²) < 4.78 is 3.14. The lowest BCUT2D eigenvalue weighted by Crippen LogP contribution is -2.09. The molecule has 3 rings (SSSR count). The van der Waals surface area contributed by atoms with Crippen molar-refractivity contribution < 1.29 is 0 Å². The van der Waals surface area contributed by atoms with Crippen LogP contribution in [0.5, 0.6) is 0 Å². The van der Waals surface area contributed by atoms with Gasteiger partial charge in [-0.15, -0.1) is 0 Å². The van der Waals surface area contributed by atoms with E-state index in [9.17, 15) is 0 Å². The monoisotopic (exact) mass is 264 g/mol. The number of fused-ring (bicyclic) bond motifs is 1. The Hall–Kier alpha value is -0.830. The smallest absolute Gasteiger partial charge is 0.0734 e. The second kappa shape index (κ2) is 3.34. The molecule has 0 aliphatic heterocycles. The van der Waals surface area contributed by atoms with Gasteiger partial charge < -0.3 is 0 Å². The maximum Gasteiger partial charge on any atom is 0.0734 e. The van der Waals surface area contributed by atoms with E-state index in [0.717, 1.165) is 4.47 Å². The van der Waals surface area contributed by atoms with Crippen LogP contribution in [0.1, 0.15) is 30.9 Å². The lowest BCUT2D eigenvalue weighted by atomic mass is 9.82. The Balaban J connectivity index is 2.24. The van der Waals surface area contributed by atoms with Crippen LogP contribution < -0.4 is 0 Å². The summed E-state index contributed by atoms with van der Waals surface area (Å²) in [6, 6.07) is 6.40. The van der Waals surface area contributed by atoms with E-state index in [1.165, 1.54) is 35.9 Å². The van der Waals surface area contributed by atoms with Crippen molar-refractivity contribution in [1.29, 1.82) is 0 Å². The molecule has 2 aromatic rings. The quantitative estimate of drug-likeness (QED) is 0.770. The first-order valence-corrected chi connectivity index (χ1v) is 6.17. The molecule has 1 aliphatic carbocycles. The second-order valence-electron chi connectivity index (χ2n) is 4.30. The molecule has 0 radical (unpaired) electrons. The molecule has 15 heavy (non-hydrogen) atoms. The van der Waals surface area contributed by atoms with Crippen molar-refractivity contribution in [2.24, 2.45) is 7.05 Å². The van der Waals surface area contributed by atoms with Crippen LogP contribution in [0.4, 0.5) is 0 Å². The van der Waals surface area contributed by atoms with Crippen molar-refractivity contribution in [2.45, 2.75) is 25.2 Å². The predicted molar refractivity (Wildman–Crippen MR) is 65.0 cm³/mol. The minimum absolute atomic E-state index is 0.697. The highest BCUT2D eigenvalue weighted by atomic mass is 79.9. The van der Waals surface area contributed by atoms with Crippen LogP contribution >= 0.6 is 15.9 Å². The number of aryl methyl sites for hydroxylation is 1. The van der Waals surface area contributed by atoms with Gasteiger partial charge in [0.05, 0.1) is 11.2 Å². The first-order valence-electron chi connectivity index (χ1n) is 5.38. The highest BCUT2D eigenvalue weighted by molar-refractivity contribution is 9.10. The van der Waals surface area contributed by atoms with Crippen molar-refractivity contribution in [3.8, 4) is 0 Å². The first-order chi connectivity index (χ1) is 7.25. The van der Waals surface area contributed by atoms with E-state index in [0.29, 0.717) is 5.92 Å². The van der Waals surface area contributed by atoms with Crippen LogP contribution in [0.2, 0.25) is 0 Å². The predicted octanol–water partition coefficient (Wildman–Crippen LogP) is 3.60. The van der Waals surface area contributed by atoms with Crippen LogP contribution in [0.3, 0.4) is 0 Å². The van der Waals surface area contributed by atoms with Gasteiger partial charge in [0.1, 0.15) is 0 Å². The van der Waals surface area contributed by atoms with E-state index < -0.39 is 0 Å². The third kappa shape index (κ3) is 1.41. The zero-order valence-electron chi connectivity index (χ0n) is 8.70. The van der Waals surface area contributed by atoms with Gasteiger partial charge in [0.25, 0.3) is 0 Å². The summed E-state index contributed by atoms with van der Waals surface area (Å²) in [4.78, 5) is 0. The molecule has 1 fully saturated rings. The molecule has 1 heterocycles. The van der Waals surface area contributed by atoms with Crippen molar-refractivity contribution in [2.75, 3.05) is 0 Å². The van der Waals surface area contributed by atoms with Crippen molar-refractivity contribution in [3.63, 3.8) is 0 Å². The lowest BCUT2D eigenvalue weighted by Gasteiger charge is -2.23. The van der Waals surface area contributed by atoms with Crippen molar-refractivity contribution >= 4 is 26.8 Å². The Morgan fingerprint density at radius 2 is 2.20 bits per heavy atom. The van der Waals surface area contributed by atoms with Crippen LogP contribution in [0, 0.1) is 0 Å². The van der Waals surface area contributed by atoms with Crippen molar-refractivity contribution in [3.05, 3.63) is 28.4 Å². The number of hydrogen-bond acceptors (Lipinski definition) is 1. The van der Waals surface area contributed by atoms with Crippen LogP contribution in [0.25, 0.3) is 10.9 Å². The van der Waals surface area contributed by atoms with Gasteiger partial charge in [0, 0.05) is 22.8 Å². The average molecular weight is 265 g/mol. The molecule has 2 nitrogen and oxygen atoms in total. The summed E-state index contributed by atoms with van der Waals surface area (Å²) in [6.45, 7) is 0. The summed E-state index contributed by atoms with van der Waals surface area (Å²) in [5, 5.41) is 5.96. The van der Waals surface area contributed by atoms with Gasteiger partial charge in [-0.25, -0.2) is 0 Å². The molecule has 1 aliphatic rings. The summed E-state index contributed by atoms with van der Waals surface area (Å²) >= 11 is 3.53. The summed E-state index contributed by atoms with van der Waals surface area (Å²) in [6.07, 6.45) is 3.97. The summed E-state index contributed by atoms with van der Waals surface area (Å²) in [5.74, 6) is 0.697. The zero-order valence-corrected chi connectivity index (χ0v) is 10.3. The molecule has 1 aromatic heterocycles. The van der Waals surface area contributed by atoms with E-state index in [2.05, 4.69) is 39.2 Å². The van der Waals surface area contributed by atoms with E-state index in [1.807, 2.05) is 11.7 Å². The lowest BCUT2D eigenvalue weighted by molar-refractivity contribution is 0.410. The molecule has 0 spiro atoms. The van der Waals surface area contributed by atoms with Gasteiger partial charge in [-0.1, -0.05) is 22.4 Å². The fraction of sp³-hybridized carbons (Fsp3) is 0.417. The molecule has 0 unspecified atom stereocenters. The fourth-order valence-corrected chi connectivity index (χ4v) is 2.61. The largest absolute Gasteiger partial charge is 0.268 e. The second-order valence-corrected chi connectivity index (χ2v) is 5.21. The molecule has 78 valence electrons. The summed E-state index contributed by atoms with van der Waals surface area (Å²) in [5.41, 5.74) is 2.53. The van der Waals surface area contributed by atoms with Gasteiger partial charge in [0.2, 0.25) is 0 Å². The van der Waals surface area contributed by atoms with Crippen LogP contribution in [0.15, 0.2) is 22.7 Å². The Morgan fingerprint density at radius 3 is 2.87 bits per heavy atom. The Kier molecular flexibility index (Phi) is 2.09. The third-order valence-corrected chi connectivity index (χ3v) is 3.83. The van der Waals surface area contributed by atoms with E-state index >= 15 is 0 Å². The zero-order chi connectivity index (χ0) is 10.4. The molecular formula is C12H13BrN2. The van der Waals surface area contributed by atoms with E-state index in [1.54, 1.807) is 0 Å². The topological polar surface area (TPSA) is 17.8 Å². The molecule has 0 atom stereocenters. The Bertz CT molecular complexity index is 512. The third-order valence-electron chi connectivity index (χ3n) is 3.33. The summed E-state index contributed by atoms with van der Waals surface area (Å²) in [7, 11) is 2.03. The SMILES string of the molecule is Cn1nc(C2CCC2)c2cc(Br)ccc21. The van der Waals surface area contributed by atoms with Crippen LogP contribution in [-0.4, -0.2) is 9.78 Å². The van der Waals surface area contributed by atoms with Gasteiger partial charge in [0.15, 0.2) is 0 Å². The molecule has 1 aromatic carbocycles. The Morgan fingerprint density at radius 1 is 1.40 bits per heavy atom. The first kappa shape index (κ1) is 9.40. The number of aromatic nitrogens is 2. The van der Waals surface area contributed by atoms with Gasteiger partial charge in [-0.05, 0) is 31.0 Å². The number of rotatable bonds is 1. The van der Waals surface area contributed by atoms with Gasteiger partial charge >= 0.3 is 0 Å². The normalized spacial score (nSPS) is 16.9. The van der Waals surface area contributed by atoms with Crippen molar-refractivity contribution in [1.82, 2.24) is 9.78 Å². The van der Waals surface area contributed by atoms with Crippen LogP contribution in [-0.2, 0) is 7.05 Å². The minimum Gasteiger partial charge on any atom is -0.268 e. The molecule has 1 saturated carbocycles. The fourth-order valence-electron chi connectivity index (χ4n) is 2.25. The number of halogens is 1. The molecule has 3 heteroatoms.